The molecule has 1 N–H and O–H groups in total. The number of nitrogens with zero attached hydrogens (tertiary/aromatic N) is 1. The molecule has 4 heteroatoms. The molecule has 0 aliphatic heterocycles. The van der Waals surface area contributed by atoms with Crippen molar-refractivity contribution in [1.29, 1.82) is 0 Å². The molecule has 18 heavy (non-hydrogen) atoms. The van der Waals surface area contributed by atoms with Crippen molar-refractivity contribution in [3.05, 3.63) is 41.0 Å². The summed E-state index contributed by atoms with van der Waals surface area (Å²) in [6.45, 7) is 0.255. The van der Waals surface area contributed by atoms with Gasteiger partial charge < -0.3 is 10.0 Å². The molecule has 0 spiro atoms. The van der Waals surface area contributed by atoms with E-state index in [1.807, 2.05) is 0 Å². The predicted molar refractivity (Wildman–Crippen MR) is 70.6 cm³/mol. The first-order valence-electron chi connectivity index (χ1n) is 5.27. The molecule has 0 heterocycles. The Morgan fingerprint density at radius 3 is 2.17 bits per heavy atom. The van der Waals surface area contributed by atoms with Gasteiger partial charge in [0, 0.05) is 17.7 Å². The summed E-state index contributed by atoms with van der Waals surface area (Å²) >= 11 is 0. The van der Waals surface area contributed by atoms with E-state index in [1.165, 1.54) is 0 Å². The number of hydrogen-bond acceptors (Lipinski definition) is 4. The summed E-state index contributed by atoms with van der Waals surface area (Å²) in [7, 11) is 3.55. The zero-order valence-corrected chi connectivity index (χ0v) is 9.73. The summed E-state index contributed by atoms with van der Waals surface area (Å²) in [6, 6.07) is 6.60. The normalized spacial score (nSPS) is 14.6. The number of carbonyl (C=O) groups excluding carboxylic acids is 2. The first-order valence-corrected chi connectivity index (χ1v) is 5.27. The fraction of sp³-hybridized carbons (Fsp3) is 0.286. The Bertz CT molecular complexity index is 530. The number of aliphatic hydroxyl groups is 1. The zero-order valence-electron chi connectivity index (χ0n) is 9.73. The van der Waals surface area contributed by atoms with Gasteiger partial charge in [-0.1, -0.05) is 31.7 Å². The molecule has 0 fully saturated rings. The Hall–Kier alpha value is -1.94. The largest absolute Gasteiger partial charge is 0.507 e. The van der Waals surface area contributed by atoms with Crippen molar-refractivity contribution in [1.82, 2.24) is 4.90 Å². The summed E-state index contributed by atoms with van der Waals surface area (Å²) in [5.74, 6) is -1.25. The monoisotopic (exact) mass is 247 g/mol. The van der Waals surface area contributed by atoms with Crippen molar-refractivity contribution < 1.29 is 14.7 Å². The third-order valence-electron chi connectivity index (χ3n) is 2.67. The number of Topliss-reactive ketones (excluding diaryl/α,β-unsaturated/α-hetero) is 2. The molecule has 0 bridgehead atoms. The van der Waals surface area contributed by atoms with Crippen LogP contribution in [0.4, 0.5) is 0 Å². The van der Waals surface area contributed by atoms with Crippen LogP contribution in [0.2, 0.25) is 0 Å². The van der Waals surface area contributed by atoms with Crippen LogP contribution >= 0.6 is 0 Å². The number of rotatable bonds is 2. The van der Waals surface area contributed by atoms with Crippen molar-refractivity contribution in [2.24, 2.45) is 0 Å². The number of carbonyl (C=O) groups is 2. The van der Waals surface area contributed by atoms with Crippen molar-refractivity contribution in [3.63, 3.8) is 0 Å². The topological polar surface area (TPSA) is 57.6 Å². The Morgan fingerprint density at radius 1 is 1.06 bits per heavy atom. The van der Waals surface area contributed by atoms with Gasteiger partial charge in [0.15, 0.2) is 0 Å². The average Bonchev–Trinajstić information content (AvgIpc) is 2.31. The molecule has 0 amide bonds. The van der Waals surface area contributed by atoms with Crippen LogP contribution in [0, 0.1) is 0 Å². The number of hydrogen-bond donors (Lipinski definition) is 1. The maximum atomic E-state index is 11.8. The Morgan fingerprint density at radius 2 is 1.61 bits per heavy atom. The molecule has 4 nitrogen and oxygen atoms in total. The fourth-order valence-electron chi connectivity index (χ4n) is 1.88. The lowest BCUT2D eigenvalue weighted by Crippen LogP contribution is -2.30. The molecule has 2 rings (SSSR count). The lowest BCUT2D eigenvalue weighted by molar-refractivity contribution is -0.112. The van der Waals surface area contributed by atoms with E-state index in [1.54, 1.807) is 43.3 Å². The van der Waals surface area contributed by atoms with E-state index >= 15 is 0 Å². The minimum atomic E-state index is -0.616. The highest BCUT2D eigenvalue weighted by Crippen LogP contribution is 2.27. The van der Waals surface area contributed by atoms with Crippen molar-refractivity contribution >= 4 is 17.3 Å². The fourth-order valence-corrected chi connectivity index (χ4v) is 1.88. The van der Waals surface area contributed by atoms with E-state index in [4.69, 9.17) is 0 Å². The molecule has 0 saturated heterocycles. The van der Waals surface area contributed by atoms with Gasteiger partial charge in [0.1, 0.15) is 5.76 Å². The van der Waals surface area contributed by atoms with Crippen LogP contribution in [0.5, 0.6) is 0 Å². The molecule has 1 aliphatic rings. The number of ketones is 2. The van der Waals surface area contributed by atoms with Gasteiger partial charge in [0.05, 0.1) is 5.57 Å². The molecule has 0 unspecified atom stereocenters. The molecule has 1 aromatic rings. The number of fused-ring (bicyclic) bond motifs is 1. The van der Waals surface area contributed by atoms with Crippen LogP contribution in [-0.4, -0.2) is 42.2 Å². The highest BCUT2D eigenvalue weighted by Gasteiger charge is 2.32. The summed E-state index contributed by atoms with van der Waals surface area (Å²) < 4.78 is 0. The van der Waals surface area contributed by atoms with Crippen LogP contribution < -0.4 is 0 Å². The van der Waals surface area contributed by atoms with Crippen molar-refractivity contribution in [3.8, 4) is 0 Å². The summed E-state index contributed by atoms with van der Waals surface area (Å²) in [5, 5.41) is 10.0. The molecule has 96 valence electrons. The van der Waals surface area contributed by atoms with Gasteiger partial charge in [-0.15, -0.1) is 0 Å². The molecule has 1 aromatic carbocycles. The Labute approximate surface area is 107 Å². The number of likely N-dealkylation sites (N-methyl/N-ethyl adjacent to an activating group) is 1. The smallest absolute Gasteiger partial charge is 0.234 e. The molecule has 0 radical (unpaired) electrons. The third kappa shape index (κ3) is 2.19. The Kier molecular flexibility index (Phi) is 4.03. The van der Waals surface area contributed by atoms with E-state index in [9.17, 15) is 14.7 Å². The molecule has 0 saturated carbocycles. The van der Waals surface area contributed by atoms with Gasteiger partial charge in [0.2, 0.25) is 11.6 Å². The van der Waals surface area contributed by atoms with E-state index in [0.29, 0.717) is 5.56 Å². The summed E-state index contributed by atoms with van der Waals surface area (Å²) in [5.41, 5.74) is 0.880. The van der Waals surface area contributed by atoms with Crippen LogP contribution in [0.15, 0.2) is 29.8 Å². The van der Waals surface area contributed by atoms with E-state index in [2.05, 4.69) is 0 Å². The maximum Gasteiger partial charge on any atom is 0.234 e. The van der Waals surface area contributed by atoms with Gasteiger partial charge in [-0.2, -0.15) is 0 Å². The van der Waals surface area contributed by atoms with Crippen LogP contribution in [-0.2, 0) is 4.79 Å². The van der Waals surface area contributed by atoms with Gasteiger partial charge in [0.25, 0.3) is 0 Å². The van der Waals surface area contributed by atoms with Gasteiger partial charge in [-0.25, -0.2) is 0 Å². The number of benzene rings is 1. The van der Waals surface area contributed by atoms with Gasteiger partial charge in [-0.05, 0) is 14.1 Å². The molecular weight excluding hydrogens is 230 g/mol. The second kappa shape index (κ2) is 5.14. The predicted octanol–water partition coefficient (Wildman–Crippen LogP) is 1.92. The second-order valence-corrected chi connectivity index (χ2v) is 4.27. The minimum Gasteiger partial charge on any atom is -0.507 e. The van der Waals surface area contributed by atoms with E-state index in [0.717, 1.165) is 0 Å². The highest BCUT2D eigenvalue weighted by atomic mass is 16.3. The summed E-state index contributed by atoms with van der Waals surface area (Å²) in [6.07, 6.45) is 0. The molecule has 0 atom stereocenters. The average molecular weight is 247 g/mol. The van der Waals surface area contributed by atoms with E-state index < -0.39 is 11.6 Å². The standard InChI is InChI=1S/C13H13NO3.CH4/c1-14(2)7-10-11(15)8-5-3-4-6-9(8)12(16)13(10)17;/h3-6,15H,7H2,1-2H3;1H4. The SMILES string of the molecule is C.CN(C)CC1=C(O)c2ccccc2C(=O)C1=O. The van der Waals surface area contributed by atoms with Crippen molar-refractivity contribution in [2.45, 2.75) is 7.43 Å². The van der Waals surface area contributed by atoms with Gasteiger partial charge >= 0.3 is 0 Å². The highest BCUT2D eigenvalue weighted by molar-refractivity contribution is 6.52. The second-order valence-electron chi connectivity index (χ2n) is 4.27. The van der Waals surface area contributed by atoms with Crippen LogP contribution in [0.3, 0.4) is 0 Å². The Balaban J connectivity index is 0.00000162. The first kappa shape index (κ1) is 14.1. The third-order valence-corrected chi connectivity index (χ3v) is 2.67. The van der Waals surface area contributed by atoms with Gasteiger partial charge in [-0.3, -0.25) is 9.59 Å². The minimum absolute atomic E-state index is 0. The lowest BCUT2D eigenvalue weighted by atomic mass is 9.88. The van der Waals surface area contributed by atoms with Crippen LogP contribution in [0.25, 0.3) is 5.76 Å². The van der Waals surface area contributed by atoms with E-state index in [-0.39, 0.29) is 30.9 Å². The molecule has 0 aromatic heterocycles. The maximum absolute atomic E-state index is 11.8. The quantitative estimate of drug-likeness (QED) is 0.811. The van der Waals surface area contributed by atoms with Crippen LogP contribution in [0.1, 0.15) is 23.3 Å². The number of aliphatic hydroxyl groups excluding tert-OH is 1. The zero-order chi connectivity index (χ0) is 12.6. The summed E-state index contributed by atoms with van der Waals surface area (Å²) in [4.78, 5) is 25.4. The van der Waals surface area contributed by atoms with Crippen molar-refractivity contribution in [2.75, 3.05) is 20.6 Å². The molecule has 1 aliphatic carbocycles. The molecular formula is C14H17NO3. The first-order chi connectivity index (χ1) is 8.02. The lowest BCUT2D eigenvalue weighted by Gasteiger charge is -2.19.